The van der Waals surface area contributed by atoms with Gasteiger partial charge in [-0.05, 0) is 37.3 Å². The van der Waals surface area contributed by atoms with Crippen molar-refractivity contribution in [3.05, 3.63) is 22.4 Å². The van der Waals surface area contributed by atoms with E-state index in [4.69, 9.17) is 0 Å². The quantitative estimate of drug-likeness (QED) is 0.868. The maximum Gasteiger partial charge on any atom is 0.321 e. The second-order valence-corrected chi connectivity index (χ2v) is 6.30. The molecule has 1 saturated heterocycles. The van der Waals surface area contributed by atoms with Crippen molar-refractivity contribution in [2.75, 3.05) is 13.1 Å². The van der Waals surface area contributed by atoms with Crippen LogP contribution in [0.1, 0.15) is 31.2 Å². The third-order valence-electron chi connectivity index (χ3n) is 3.75. The van der Waals surface area contributed by atoms with Crippen LogP contribution in [0.25, 0.3) is 0 Å². The van der Waals surface area contributed by atoms with E-state index >= 15 is 0 Å². The van der Waals surface area contributed by atoms with E-state index in [1.807, 2.05) is 31.4 Å². The maximum atomic E-state index is 12.0. The van der Waals surface area contributed by atoms with Gasteiger partial charge in [-0.3, -0.25) is 14.5 Å². The Morgan fingerprint density at radius 2 is 2.35 bits per heavy atom. The summed E-state index contributed by atoms with van der Waals surface area (Å²) in [6.45, 7) is 4.67. The summed E-state index contributed by atoms with van der Waals surface area (Å²) in [5.74, 6) is -0.865. The molecule has 2 heterocycles. The molecule has 1 aromatic heterocycles. The first-order valence-corrected chi connectivity index (χ1v) is 7.66. The van der Waals surface area contributed by atoms with Crippen LogP contribution in [-0.4, -0.2) is 41.0 Å². The second kappa shape index (κ2) is 6.37. The number of aliphatic carboxylic acids is 1. The SMILES string of the molecule is CC(NC(=O)CN1CCC(C)C1C(=O)O)c1cccs1. The summed E-state index contributed by atoms with van der Waals surface area (Å²) in [6, 6.07) is 3.35. The van der Waals surface area contributed by atoms with Gasteiger partial charge in [-0.2, -0.15) is 0 Å². The average Bonchev–Trinajstić information content (AvgIpc) is 2.98. The third-order valence-corrected chi connectivity index (χ3v) is 4.81. The van der Waals surface area contributed by atoms with Gasteiger partial charge in [0.25, 0.3) is 0 Å². The lowest BCUT2D eigenvalue weighted by Gasteiger charge is -2.23. The molecule has 0 bridgehead atoms. The summed E-state index contributed by atoms with van der Waals surface area (Å²) < 4.78 is 0. The van der Waals surface area contributed by atoms with E-state index in [2.05, 4.69) is 5.32 Å². The molecule has 2 N–H and O–H groups in total. The van der Waals surface area contributed by atoms with Crippen LogP contribution in [-0.2, 0) is 9.59 Å². The van der Waals surface area contributed by atoms with Crippen LogP contribution in [0.3, 0.4) is 0 Å². The summed E-state index contributed by atoms with van der Waals surface area (Å²) in [5, 5.41) is 14.1. The van der Waals surface area contributed by atoms with Crippen LogP contribution < -0.4 is 5.32 Å². The highest BCUT2D eigenvalue weighted by Gasteiger charge is 2.37. The molecule has 0 spiro atoms. The van der Waals surface area contributed by atoms with Crippen molar-refractivity contribution in [2.45, 2.75) is 32.4 Å². The number of amides is 1. The summed E-state index contributed by atoms with van der Waals surface area (Å²) >= 11 is 1.60. The summed E-state index contributed by atoms with van der Waals surface area (Å²) in [4.78, 5) is 26.1. The highest BCUT2D eigenvalue weighted by Crippen LogP contribution is 2.24. The number of hydrogen-bond acceptors (Lipinski definition) is 4. The third kappa shape index (κ3) is 3.37. The fourth-order valence-electron chi connectivity index (χ4n) is 2.68. The van der Waals surface area contributed by atoms with E-state index in [0.717, 1.165) is 11.3 Å². The zero-order chi connectivity index (χ0) is 14.7. The highest BCUT2D eigenvalue weighted by molar-refractivity contribution is 7.10. The minimum atomic E-state index is -0.839. The number of likely N-dealkylation sites (tertiary alicyclic amines) is 1. The van der Waals surface area contributed by atoms with Gasteiger partial charge in [0.05, 0.1) is 12.6 Å². The average molecular weight is 296 g/mol. The first kappa shape index (κ1) is 15.0. The predicted octanol–water partition coefficient (Wildman–Crippen LogP) is 1.72. The molecule has 1 aliphatic heterocycles. The van der Waals surface area contributed by atoms with Gasteiger partial charge in [0.15, 0.2) is 0 Å². The first-order valence-electron chi connectivity index (χ1n) is 6.78. The molecule has 6 heteroatoms. The van der Waals surface area contributed by atoms with Gasteiger partial charge in [0.1, 0.15) is 6.04 Å². The van der Waals surface area contributed by atoms with Gasteiger partial charge in [0.2, 0.25) is 5.91 Å². The molecule has 3 unspecified atom stereocenters. The zero-order valence-corrected chi connectivity index (χ0v) is 12.5. The molecule has 1 aromatic rings. The molecular formula is C14H20N2O3S. The molecule has 0 saturated carbocycles. The summed E-state index contributed by atoms with van der Waals surface area (Å²) in [5.41, 5.74) is 0. The highest BCUT2D eigenvalue weighted by atomic mass is 32.1. The number of carbonyl (C=O) groups is 2. The summed E-state index contributed by atoms with van der Waals surface area (Å²) in [7, 11) is 0. The normalized spacial score (nSPS) is 24.5. The lowest BCUT2D eigenvalue weighted by Crippen LogP contribution is -2.45. The second-order valence-electron chi connectivity index (χ2n) is 5.32. The molecule has 0 radical (unpaired) electrons. The Morgan fingerprint density at radius 1 is 1.60 bits per heavy atom. The van der Waals surface area contributed by atoms with Gasteiger partial charge in [-0.1, -0.05) is 13.0 Å². The lowest BCUT2D eigenvalue weighted by molar-refractivity contribution is -0.143. The van der Waals surface area contributed by atoms with Gasteiger partial charge in [0, 0.05) is 4.88 Å². The fraction of sp³-hybridized carbons (Fsp3) is 0.571. The van der Waals surface area contributed by atoms with Crippen LogP contribution >= 0.6 is 11.3 Å². The molecule has 3 atom stereocenters. The summed E-state index contributed by atoms with van der Waals surface area (Å²) in [6.07, 6.45) is 0.824. The van der Waals surface area contributed by atoms with Crippen LogP contribution in [0.15, 0.2) is 17.5 Å². The number of thiophene rings is 1. The van der Waals surface area contributed by atoms with Crippen molar-refractivity contribution >= 4 is 23.2 Å². The molecule has 2 rings (SSSR count). The van der Waals surface area contributed by atoms with Crippen molar-refractivity contribution in [3.63, 3.8) is 0 Å². The van der Waals surface area contributed by atoms with Gasteiger partial charge >= 0.3 is 5.97 Å². The van der Waals surface area contributed by atoms with Gasteiger partial charge < -0.3 is 10.4 Å². The van der Waals surface area contributed by atoms with Crippen LogP contribution in [0.5, 0.6) is 0 Å². The Bertz CT molecular complexity index is 475. The number of carboxylic acid groups (broad SMARTS) is 1. The molecule has 0 aromatic carbocycles. The fourth-order valence-corrected chi connectivity index (χ4v) is 3.42. The Hall–Kier alpha value is -1.40. The number of carbonyl (C=O) groups excluding carboxylic acids is 1. The molecule has 110 valence electrons. The molecule has 20 heavy (non-hydrogen) atoms. The molecule has 0 aliphatic carbocycles. The smallest absolute Gasteiger partial charge is 0.321 e. The first-order chi connectivity index (χ1) is 9.49. The molecule has 1 aliphatic rings. The van der Waals surface area contributed by atoms with Crippen molar-refractivity contribution in [1.29, 1.82) is 0 Å². The molecule has 1 amide bonds. The minimum Gasteiger partial charge on any atom is -0.480 e. The number of hydrogen-bond donors (Lipinski definition) is 2. The Kier molecular flexibility index (Phi) is 4.77. The van der Waals surface area contributed by atoms with Gasteiger partial charge in [-0.15, -0.1) is 11.3 Å². The maximum absolute atomic E-state index is 12.0. The number of nitrogens with one attached hydrogen (secondary N) is 1. The van der Waals surface area contributed by atoms with Crippen LogP contribution in [0, 0.1) is 5.92 Å². The Morgan fingerprint density at radius 3 is 2.95 bits per heavy atom. The Balaban J connectivity index is 1.90. The lowest BCUT2D eigenvalue weighted by atomic mass is 10.0. The van der Waals surface area contributed by atoms with E-state index in [1.54, 1.807) is 16.2 Å². The van der Waals surface area contributed by atoms with Crippen LogP contribution in [0.2, 0.25) is 0 Å². The van der Waals surface area contributed by atoms with E-state index < -0.39 is 12.0 Å². The van der Waals surface area contributed by atoms with E-state index in [-0.39, 0.29) is 24.4 Å². The molecular weight excluding hydrogens is 276 g/mol. The van der Waals surface area contributed by atoms with Crippen LogP contribution in [0.4, 0.5) is 0 Å². The van der Waals surface area contributed by atoms with E-state index in [9.17, 15) is 14.7 Å². The zero-order valence-electron chi connectivity index (χ0n) is 11.7. The van der Waals surface area contributed by atoms with Gasteiger partial charge in [-0.25, -0.2) is 0 Å². The number of rotatable bonds is 5. The monoisotopic (exact) mass is 296 g/mol. The van der Waals surface area contributed by atoms with Crippen molar-refractivity contribution in [3.8, 4) is 0 Å². The van der Waals surface area contributed by atoms with E-state index in [1.165, 1.54) is 0 Å². The standard InChI is InChI=1S/C14H20N2O3S/c1-9-5-6-16(13(9)14(18)19)8-12(17)15-10(2)11-4-3-7-20-11/h3-4,7,9-10,13H,5-6,8H2,1-2H3,(H,15,17)(H,18,19). The topological polar surface area (TPSA) is 69.6 Å². The van der Waals surface area contributed by atoms with Crippen molar-refractivity contribution < 1.29 is 14.7 Å². The Labute approximate surface area is 122 Å². The number of carboxylic acids is 1. The molecule has 1 fully saturated rings. The van der Waals surface area contributed by atoms with Crippen molar-refractivity contribution in [1.82, 2.24) is 10.2 Å². The van der Waals surface area contributed by atoms with E-state index in [0.29, 0.717) is 6.54 Å². The predicted molar refractivity (Wildman–Crippen MR) is 77.7 cm³/mol. The van der Waals surface area contributed by atoms with Crippen molar-refractivity contribution in [2.24, 2.45) is 5.92 Å². The number of nitrogens with zero attached hydrogens (tertiary/aromatic N) is 1. The molecule has 5 nitrogen and oxygen atoms in total. The minimum absolute atomic E-state index is 0.0363. The largest absolute Gasteiger partial charge is 0.480 e.